The lowest BCUT2D eigenvalue weighted by Gasteiger charge is -2.15. The minimum atomic E-state index is -0.851. The fraction of sp³-hybridized carbons (Fsp3) is 0.200. The Bertz CT molecular complexity index is 929. The lowest BCUT2D eigenvalue weighted by atomic mass is 10.0. The number of aryl methyl sites for hydroxylation is 2. The molecule has 128 valence electrons. The SMILES string of the molecule is Cc1ccc2c(CC(=O)NC(C(N)=O)c3ccccc3)coc2c1C. The number of rotatable bonds is 5. The summed E-state index contributed by atoms with van der Waals surface area (Å²) in [6, 6.07) is 12.1. The Kier molecular flexibility index (Phi) is 4.57. The van der Waals surface area contributed by atoms with E-state index in [4.69, 9.17) is 10.2 Å². The summed E-state index contributed by atoms with van der Waals surface area (Å²) in [6.07, 6.45) is 1.71. The van der Waals surface area contributed by atoms with Gasteiger partial charge >= 0.3 is 0 Å². The molecule has 3 N–H and O–H groups in total. The topological polar surface area (TPSA) is 85.3 Å². The van der Waals surface area contributed by atoms with Crippen LogP contribution in [0.25, 0.3) is 11.0 Å². The molecule has 2 amide bonds. The molecule has 0 bridgehead atoms. The van der Waals surface area contributed by atoms with Crippen molar-refractivity contribution in [3.63, 3.8) is 0 Å². The van der Waals surface area contributed by atoms with E-state index in [-0.39, 0.29) is 12.3 Å². The van der Waals surface area contributed by atoms with Crippen LogP contribution in [0.2, 0.25) is 0 Å². The van der Waals surface area contributed by atoms with Crippen LogP contribution in [0.1, 0.15) is 28.3 Å². The predicted molar refractivity (Wildman–Crippen MR) is 95.9 cm³/mol. The van der Waals surface area contributed by atoms with Gasteiger partial charge in [0.05, 0.1) is 12.7 Å². The van der Waals surface area contributed by atoms with Crippen LogP contribution in [0, 0.1) is 13.8 Å². The fourth-order valence-corrected chi connectivity index (χ4v) is 2.87. The molecule has 5 heteroatoms. The second-order valence-electron chi connectivity index (χ2n) is 6.14. The van der Waals surface area contributed by atoms with Gasteiger partial charge in [0, 0.05) is 10.9 Å². The zero-order valence-electron chi connectivity index (χ0n) is 14.2. The van der Waals surface area contributed by atoms with Gasteiger partial charge in [-0.25, -0.2) is 0 Å². The van der Waals surface area contributed by atoms with Crippen LogP contribution in [0.15, 0.2) is 53.1 Å². The number of nitrogens with two attached hydrogens (primary N) is 1. The van der Waals surface area contributed by atoms with E-state index in [0.717, 1.165) is 27.7 Å². The summed E-state index contributed by atoms with van der Waals surface area (Å²) in [6.45, 7) is 4.00. The molecule has 0 aliphatic rings. The molecule has 3 rings (SSSR count). The number of primary amides is 1. The number of carbonyl (C=O) groups is 2. The summed E-state index contributed by atoms with van der Waals surface area (Å²) < 4.78 is 5.63. The molecule has 0 aliphatic heterocycles. The van der Waals surface area contributed by atoms with Gasteiger partial charge in [-0.1, -0.05) is 42.5 Å². The number of amides is 2. The van der Waals surface area contributed by atoms with Crippen molar-refractivity contribution in [3.05, 3.63) is 71.0 Å². The van der Waals surface area contributed by atoms with Crippen LogP contribution in [-0.2, 0) is 16.0 Å². The lowest BCUT2D eigenvalue weighted by Crippen LogP contribution is -2.38. The third kappa shape index (κ3) is 3.40. The molecule has 1 unspecified atom stereocenters. The highest BCUT2D eigenvalue weighted by molar-refractivity contribution is 5.92. The Morgan fingerprint density at radius 2 is 1.84 bits per heavy atom. The van der Waals surface area contributed by atoms with Gasteiger partial charge in [-0.05, 0) is 30.5 Å². The van der Waals surface area contributed by atoms with E-state index in [1.807, 2.05) is 32.0 Å². The molecule has 0 aliphatic carbocycles. The van der Waals surface area contributed by atoms with Crippen molar-refractivity contribution in [3.8, 4) is 0 Å². The van der Waals surface area contributed by atoms with E-state index in [1.54, 1.807) is 30.5 Å². The van der Waals surface area contributed by atoms with Crippen molar-refractivity contribution in [2.24, 2.45) is 5.73 Å². The smallest absolute Gasteiger partial charge is 0.244 e. The maximum absolute atomic E-state index is 12.4. The van der Waals surface area contributed by atoms with E-state index in [1.165, 1.54) is 0 Å². The van der Waals surface area contributed by atoms with E-state index >= 15 is 0 Å². The Hall–Kier alpha value is -3.08. The summed E-state index contributed by atoms with van der Waals surface area (Å²) in [5.74, 6) is -0.878. The molecule has 2 aromatic carbocycles. The van der Waals surface area contributed by atoms with Gasteiger partial charge in [0.2, 0.25) is 11.8 Å². The summed E-state index contributed by atoms with van der Waals surface area (Å²) >= 11 is 0. The highest BCUT2D eigenvalue weighted by atomic mass is 16.3. The molecule has 0 saturated carbocycles. The number of carbonyl (C=O) groups excluding carboxylic acids is 2. The summed E-state index contributed by atoms with van der Waals surface area (Å²) in [5.41, 5.74) is 9.87. The Balaban J connectivity index is 1.80. The first-order chi connectivity index (χ1) is 12.0. The number of hydrogen-bond donors (Lipinski definition) is 2. The molecule has 1 atom stereocenters. The number of furan rings is 1. The quantitative estimate of drug-likeness (QED) is 0.751. The van der Waals surface area contributed by atoms with Gasteiger partial charge in [-0.2, -0.15) is 0 Å². The normalized spacial score (nSPS) is 12.1. The molecule has 25 heavy (non-hydrogen) atoms. The summed E-state index contributed by atoms with van der Waals surface area (Å²) in [7, 11) is 0. The van der Waals surface area contributed by atoms with Gasteiger partial charge in [0.15, 0.2) is 0 Å². The highest BCUT2D eigenvalue weighted by Gasteiger charge is 2.21. The van der Waals surface area contributed by atoms with Crippen LogP contribution < -0.4 is 11.1 Å². The number of hydrogen-bond acceptors (Lipinski definition) is 3. The number of benzene rings is 2. The number of nitrogens with one attached hydrogen (secondary N) is 1. The molecule has 5 nitrogen and oxygen atoms in total. The standard InChI is InChI=1S/C20H20N2O3/c1-12-8-9-16-15(11-25-19(16)13(12)2)10-17(23)22-18(20(21)24)14-6-4-3-5-7-14/h3-9,11,18H,10H2,1-2H3,(H2,21,24)(H,22,23). The molecule has 3 aromatic rings. The van der Waals surface area contributed by atoms with Crippen molar-refractivity contribution in [2.75, 3.05) is 0 Å². The van der Waals surface area contributed by atoms with Crippen LogP contribution in [0.3, 0.4) is 0 Å². The first-order valence-corrected chi connectivity index (χ1v) is 8.07. The van der Waals surface area contributed by atoms with Gasteiger partial charge in [-0.15, -0.1) is 0 Å². The van der Waals surface area contributed by atoms with Crippen LogP contribution in [0.5, 0.6) is 0 Å². The van der Waals surface area contributed by atoms with E-state index in [0.29, 0.717) is 5.56 Å². The van der Waals surface area contributed by atoms with Gasteiger partial charge in [0.25, 0.3) is 0 Å². The predicted octanol–water partition coefficient (Wildman–Crippen LogP) is 2.93. The second kappa shape index (κ2) is 6.81. The maximum Gasteiger partial charge on any atom is 0.244 e. The molecule has 0 fully saturated rings. The van der Waals surface area contributed by atoms with Crippen molar-refractivity contribution in [1.29, 1.82) is 0 Å². The Labute approximate surface area is 145 Å². The zero-order valence-corrected chi connectivity index (χ0v) is 14.2. The minimum Gasteiger partial charge on any atom is -0.464 e. The Morgan fingerprint density at radius 1 is 1.12 bits per heavy atom. The summed E-state index contributed by atoms with van der Waals surface area (Å²) in [5, 5.41) is 3.62. The first kappa shape index (κ1) is 16.8. The molecule has 1 aromatic heterocycles. The molecular weight excluding hydrogens is 316 g/mol. The average molecular weight is 336 g/mol. The fourth-order valence-electron chi connectivity index (χ4n) is 2.87. The molecular formula is C20H20N2O3. The van der Waals surface area contributed by atoms with Crippen molar-refractivity contribution in [1.82, 2.24) is 5.32 Å². The van der Waals surface area contributed by atoms with Crippen molar-refractivity contribution >= 4 is 22.8 Å². The van der Waals surface area contributed by atoms with Gasteiger partial charge in [0.1, 0.15) is 11.6 Å². The van der Waals surface area contributed by atoms with Gasteiger partial charge in [-0.3, -0.25) is 9.59 Å². The summed E-state index contributed by atoms with van der Waals surface area (Å²) in [4.78, 5) is 24.2. The zero-order chi connectivity index (χ0) is 18.0. The molecule has 0 spiro atoms. The van der Waals surface area contributed by atoms with Crippen molar-refractivity contribution < 1.29 is 14.0 Å². The van der Waals surface area contributed by atoms with Crippen LogP contribution in [0.4, 0.5) is 0 Å². The van der Waals surface area contributed by atoms with E-state index < -0.39 is 11.9 Å². The average Bonchev–Trinajstić information content (AvgIpc) is 3.00. The minimum absolute atomic E-state index is 0.117. The highest BCUT2D eigenvalue weighted by Crippen LogP contribution is 2.27. The van der Waals surface area contributed by atoms with Crippen molar-refractivity contribution in [2.45, 2.75) is 26.3 Å². The van der Waals surface area contributed by atoms with E-state index in [2.05, 4.69) is 5.32 Å². The second-order valence-corrected chi connectivity index (χ2v) is 6.14. The molecule has 0 radical (unpaired) electrons. The number of fused-ring (bicyclic) bond motifs is 1. The largest absolute Gasteiger partial charge is 0.464 e. The Morgan fingerprint density at radius 3 is 2.52 bits per heavy atom. The first-order valence-electron chi connectivity index (χ1n) is 8.07. The maximum atomic E-state index is 12.4. The molecule has 0 saturated heterocycles. The monoisotopic (exact) mass is 336 g/mol. The van der Waals surface area contributed by atoms with Gasteiger partial charge < -0.3 is 15.5 Å². The third-order valence-electron chi connectivity index (χ3n) is 4.42. The van der Waals surface area contributed by atoms with Crippen LogP contribution in [-0.4, -0.2) is 11.8 Å². The lowest BCUT2D eigenvalue weighted by molar-refractivity contribution is -0.127. The van der Waals surface area contributed by atoms with E-state index in [9.17, 15) is 9.59 Å². The third-order valence-corrected chi connectivity index (χ3v) is 4.42. The van der Waals surface area contributed by atoms with Crippen LogP contribution >= 0.6 is 0 Å². The molecule has 1 heterocycles.